The van der Waals surface area contributed by atoms with Crippen molar-refractivity contribution in [2.45, 2.75) is 6.04 Å². The first-order valence-corrected chi connectivity index (χ1v) is 4.33. The Labute approximate surface area is 82.3 Å². The van der Waals surface area contributed by atoms with E-state index in [4.69, 9.17) is 0 Å². The van der Waals surface area contributed by atoms with Gasteiger partial charge in [0.2, 0.25) is 5.91 Å². The molecule has 2 N–H and O–H groups in total. The van der Waals surface area contributed by atoms with E-state index < -0.39 is 6.04 Å². The fourth-order valence-electron chi connectivity index (χ4n) is 1.25. The summed E-state index contributed by atoms with van der Waals surface area (Å²) in [5, 5.41) is 5.39. The number of hydrogen-bond donors (Lipinski definition) is 2. The van der Waals surface area contributed by atoms with E-state index in [0.717, 1.165) is 5.56 Å². The minimum Gasteiger partial charge on any atom is -0.358 e. The topological polar surface area (TPSA) is 41.1 Å². The molecule has 0 aromatic heterocycles. The van der Waals surface area contributed by atoms with Crippen molar-refractivity contribution in [3.8, 4) is 0 Å². The maximum atomic E-state index is 12.6. The zero-order valence-corrected chi connectivity index (χ0v) is 8.17. The molecule has 0 fully saturated rings. The Morgan fingerprint density at radius 2 is 1.86 bits per heavy atom. The second kappa shape index (κ2) is 4.72. The van der Waals surface area contributed by atoms with Crippen LogP contribution in [0.3, 0.4) is 0 Å². The van der Waals surface area contributed by atoms with Crippen molar-refractivity contribution in [1.82, 2.24) is 10.6 Å². The molecule has 1 aromatic carbocycles. The summed E-state index contributed by atoms with van der Waals surface area (Å²) in [7, 11) is 3.25. The largest absolute Gasteiger partial charge is 0.358 e. The summed E-state index contributed by atoms with van der Waals surface area (Å²) >= 11 is 0. The Balaban J connectivity index is 2.89. The van der Waals surface area contributed by atoms with E-state index in [9.17, 15) is 9.18 Å². The third kappa shape index (κ3) is 2.29. The molecule has 76 valence electrons. The smallest absolute Gasteiger partial charge is 0.241 e. The highest BCUT2D eigenvalue weighted by Crippen LogP contribution is 2.12. The highest BCUT2D eigenvalue weighted by Gasteiger charge is 2.16. The summed E-state index contributed by atoms with van der Waals surface area (Å²) in [5.41, 5.74) is 0.744. The van der Waals surface area contributed by atoms with Gasteiger partial charge in [-0.25, -0.2) is 4.39 Å². The summed E-state index contributed by atoms with van der Waals surface area (Å²) in [5.74, 6) is -0.445. The minimum atomic E-state index is -0.430. The predicted octanol–water partition coefficient (Wildman–Crippen LogP) is 0.832. The molecule has 0 aliphatic rings. The number of amides is 1. The third-order valence-electron chi connectivity index (χ3n) is 2.00. The van der Waals surface area contributed by atoms with Gasteiger partial charge in [0, 0.05) is 7.05 Å². The molecule has 1 amide bonds. The SMILES string of the molecule is CNC(=O)C(NC)c1ccc(F)cc1. The minimum absolute atomic E-state index is 0.140. The molecular weight excluding hydrogens is 183 g/mol. The normalized spacial score (nSPS) is 12.2. The van der Waals surface area contributed by atoms with Crippen molar-refractivity contribution in [1.29, 1.82) is 0 Å². The van der Waals surface area contributed by atoms with E-state index in [2.05, 4.69) is 10.6 Å². The zero-order chi connectivity index (χ0) is 10.6. The molecule has 0 heterocycles. The Kier molecular flexibility index (Phi) is 3.59. The number of carbonyl (C=O) groups is 1. The van der Waals surface area contributed by atoms with Gasteiger partial charge in [0.15, 0.2) is 0 Å². The standard InChI is InChI=1S/C10H13FN2O/c1-12-9(10(14)13-2)7-3-5-8(11)6-4-7/h3-6,9,12H,1-2H3,(H,13,14). The van der Waals surface area contributed by atoms with Crippen molar-refractivity contribution >= 4 is 5.91 Å². The number of nitrogens with one attached hydrogen (secondary N) is 2. The molecule has 0 saturated heterocycles. The lowest BCUT2D eigenvalue weighted by Crippen LogP contribution is -2.33. The van der Waals surface area contributed by atoms with Crippen LogP contribution >= 0.6 is 0 Å². The number of carbonyl (C=O) groups excluding carboxylic acids is 1. The summed E-state index contributed by atoms with van der Waals surface area (Å²) in [4.78, 5) is 11.4. The van der Waals surface area contributed by atoms with Crippen LogP contribution in [0, 0.1) is 5.82 Å². The van der Waals surface area contributed by atoms with Gasteiger partial charge in [-0.2, -0.15) is 0 Å². The van der Waals surface area contributed by atoms with Crippen LogP contribution in [0.1, 0.15) is 11.6 Å². The van der Waals surface area contributed by atoms with Gasteiger partial charge >= 0.3 is 0 Å². The van der Waals surface area contributed by atoms with Crippen molar-refractivity contribution < 1.29 is 9.18 Å². The van der Waals surface area contributed by atoms with Gasteiger partial charge in [0.25, 0.3) is 0 Å². The summed E-state index contributed by atoms with van der Waals surface area (Å²) in [6.07, 6.45) is 0. The van der Waals surface area contributed by atoms with Gasteiger partial charge in [-0.05, 0) is 24.7 Å². The van der Waals surface area contributed by atoms with E-state index in [0.29, 0.717) is 0 Å². The van der Waals surface area contributed by atoms with Crippen molar-refractivity contribution in [3.05, 3.63) is 35.6 Å². The second-order valence-corrected chi connectivity index (χ2v) is 2.89. The van der Waals surface area contributed by atoms with Crippen molar-refractivity contribution in [2.75, 3.05) is 14.1 Å². The van der Waals surface area contributed by atoms with Gasteiger partial charge in [-0.3, -0.25) is 4.79 Å². The molecule has 0 aliphatic heterocycles. The van der Waals surface area contributed by atoms with E-state index in [1.54, 1.807) is 26.2 Å². The first kappa shape index (κ1) is 10.7. The summed E-state index contributed by atoms with van der Waals surface area (Å²) in [6.45, 7) is 0. The summed E-state index contributed by atoms with van der Waals surface area (Å²) in [6, 6.07) is 5.42. The molecule has 0 radical (unpaired) electrons. The fraction of sp³-hybridized carbons (Fsp3) is 0.300. The Hall–Kier alpha value is -1.42. The van der Waals surface area contributed by atoms with Gasteiger partial charge in [-0.15, -0.1) is 0 Å². The number of hydrogen-bond acceptors (Lipinski definition) is 2. The van der Waals surface area contributed by atoms with Gasteiger partial charge < -0.3 is 10.6 Å². The first-order chi connectivity index (χ1) is 6.69. The number of rotatable bonds is 3. The van der Waals surface area contributed by atoms with Crippen LogP contribution in [0.4, 0.5) is 4.39 Å². The van der Waals surface area contributed by atoms with Crippen LogP contribution < -0.4 is 10.6 Å². The Morgan fingerprint density at radius 3 is 2.29 bits per heavy atom. The van der Waals surface area contributed by atoms with Crippen LogP contribution in [-0.2, 0) is 4.79 Å². The summed E-state index contributed by atoms with van der Waals surface area (Å²) < 4.78 is 12.6. The van der Waals surface area contributed by atoms with Crippen LogP contribution in [0.25, 0.3) is 0 Å². The molecular formula is C10H13FN2O. The molecule has 0 aliphatic carbocycles. The maximum absolute atomic E-state index is 12.6. The molecule has 0 saturated carbocycles. The monoisotopic (exact) mass is 196 g/mol. The Morgan fingerprint density at radius 1 is 1.29 bits per heavy atom. The maximum Gasteiger partial charge on any atom is 0.241 e. The number of halogens is 1. The average Bonchev–Trinajstić information content (AvgIpc) is 2.21. The second-order valence-electron chi connectivity index (χ2n) is 2.89. The molecule has 1 rings (SSSR count). The quantitative estimate of drug-likeness (QED) is 0.752. The number of likely N-dealkylation sites (N-methyl/N-ethyl adjacent to an activating group) is 2. The lowest BCUT2D eigenvalue weighted by Gasteiger charge is -2.14. The molecule has 1 aromatic rings. The lowest BCUT2D eigenvalue weighted by molar-refractivity contribution is -0.122. The van der Waals surface area contributed by atoms with Crippen LogP contribution in [0.15, 0.2) is 24.3 Å². The Bertz CT molecular complexity index is 310. The molecule has 0 bridgehead atoms. The lowest BCUT2D eigenvalue weighted by atomic mass is 10.1. The van der Waals surface area contributed by atoms with Crippen molar-refractivity contribution in [3.63, 3.8) is 0 Å². The van der Waals surface area contributed by atoms with E-state index in [1.807, 2.05) is 0 Å². The third-order valence-corrected chi connectivity index (χ3v) is 2.00. The van der Waals surface area contributed by atoms with E-state index >= 15 is 0 Å². The fourth-order valence-corrected chi connectivity index (χ4v) is 1.25. The molecule has 4 heteroatoms. The molecule has 14 heavy (non-hydrogen) atoms. The first-order valence-electron chi connectivity index (χ1n) is 4.33. The van der Waals surface area contributed by atoms with Gasteiger partial charge in [0.05, 0.1) is 0 Å². The van der Waals surface area contributed by atoms with Crippen LogP contribution in [0.5, 0.6) is 0 Å². The highest BCUT2D eigenvalue weighted by molar-refractivity contribution is 5.82. The molecule has 3 nitrogen and oxygen atoms in total. The van der Waals surface area contributed by atoms with Crippen molar-refractivity contribution in [2.24, 2.45) is 0 Å². The average molecular weight is 196 g/mol. The van der Waals surface area contributed by atoms with Gasteiger partial charge in [0.1, 0.15) is 11.9 Å². The molecule has 0 spiro atoms. The molecule has 1 atom stereocenters. The zero-order valence-electron chi connectivity index (χ0n) is 8.17. The van der Waals surface area contributed by atoms with E-state index in [-0.39, 0.29) is 11.7 Å². The van der Waals surface area contributed by atoms with E-state index in [1.165, 1.54) is 12.1 Å². The van der Waals surface area contributed by atoms with Crippen LogP contribution in [-0.4, -0.2) is 20.0 Å². The van der Waals surface area contributed by atoms with Crippen LogP contribution in [0.2, 0.25) is 0 Å². The van der Waals surface area contributed by atoms with Gasteiger partial charge in [-0.1, -0.05) is 12.1 Å². The molecule has 1 unspecified atom stereocenters. The number of benzene rings is 1. The highest BCUT2D eigenvalue weighted by atomic mass is 19.1. The predicted molar refractivity (Wildman–Crippen MR) is 52.3 cm³/mol.